The molecule has 0 spiro atoms. The van der Waals surface area contributed by atoms with Crippen molar-refractivity contribution in [2.24, 2.45) is 5.92 Å². The third kappa shape index (κ3) is 6.18. The molecule has 0 aliphatic carbocycles. The van der Waals surface area contributed by atoms with Crippen molar-refractivity contribution >= 4 is 21.8 Å². The topological polar surface area (TPSA) is 95.6 Å². The van der Waals surface area contributed by atoms with E-state index in [0.717, 1.165) is 18.2 Å². The van der Waals surface area contributed by atoms with Crippen molar-refractivity contribution in [3.8, 4) is 0 Å². The Hall–Kier alpha value is -2.85. The van der Waals surface area contributed by atoms with Gasteiger partial charge in [-0.2, -0.15) is 0 Å². The smallest absolute Gasteiger partial charge is 0.256 e. The van der Waals surface area contributed by atoms with Crippen LogP contribution in [-0.2, 0) is 21.4 Å². The van der Waals surface area contributed by atoms with Crippen molar-refractivity contribution in [3.05, 3.63) is 64.7 Å². The fourth-order valence-electron chi connectivity index (χ4n) is 3.81. The molecule has 1 aliphatic heterocycles. The third-order valence-corrected chi connectivity index (χ3v) is 7.38. The van der Waals surface area contributed by atoms with Gasteiger partial charge >= 0.3 is 0 Å². The highest BCUT2D eigenvalue weighted by molar-refractivity contribution is 7.89. The summed E-state index contributed by atoms with van der Waals surface area (Å²) in [6.45, 7) is 5.65. The molecule has 0 saturated carbocycles. The van der Waals surface area contributed by atoms with Crippen LogP contribution in [0.4, 0.5) is 8.78 Å². The molecule has 0 bridgehead atoms. The number of rotatable bonds is 7. The number of halogens is 2. The molecule has 1 fully saturated rings. The van der Waals surface area contributed by atoms with Crippen LogP contribution in [-0.4, -0.2) is 44.3 Å². The van der Waals surface area contributed by atoms with E-state index >= 15 is 0 Å². The summed E-state index contributed by atoms with van der Waals surface area (Å²) in [5, 5.41) is 2.80. The van der Waals surface area contributed by atoms with E-state index in [1.807, 2.05) is 0 Å². The lowest BCUT2D eigenvalue weighted by molar-refractivity contribution is -0.126. The fourth-order valence-corrected chi connectivity index (χ4v) is 5.09. The lowest BCUT2D eigenvalue weighted by atomic mass is 9.95. The Balaban J connectivity index is 1.60. The Morgan fingerprint density at radius 2 is 1.74 bits per heavy atom. The molecule has 0 unspecified atom stereocenters. The first-order valence-corrected chi connectivity index (χ1v) is 12.6. The minimum Gasteiger partial charge on any atom is -0.352 e. The highest BCUT2D eigenvalue weighted by atomic mass is 32.2. The summed E-state index contributed by atoms with van der Waals surface area (Å²) in [5.41, 5.74) is 0.861. The van der Waals surface area contributed by atoms with E-state index in [0.29, 0.717) is 24.0 Å². The van der Waals surface area contributed by atoms with Crippen LogP contribution in [0.5, 0.6) is 0 Å². The first kappa shape index (κ1) is 25.8. The fraction of sp³-hybridized carbons (Fsp3) is 0.417. The minimum atomic E-state index is -3.88. The number of hydrogen-bond donors (Lipinski definition) is 2. The summed E-state index contributed by atoms with van der Waals surface area (Å²) < 4.78 is 55.3. The quantitative estimate of drug-likeness (QED) is 0.620. The van der Waals surface area contributed by atoms with Crippen LogP contribution in [0.3, 0.4) is 0 Å². The molecule has 10 heteroatoms. The second kappa shape index (κ2) is 10.6. The zero-order chi connectivity index (χ0) is 25.0. The van der Waals surface area contributed by atoms with Crippen molar-refractivity contribution in [2.45, 2.75) is 51.1 Å². The number of amides is 2. The van der Waals surface area contributed by atoms with Gasteiger partial charge in [0.05, 0.1) is 10.5 Å². The van der Waals surface area contributed by atoms with Gasteiger partial charge in [0.2, 0.25) is 15.9 Å². The maximum Gasteiger partial charge on any atom is 0.256 e. The number of benzene rings is 2. The average molecular weight is 494 g/mol. The lowest BCUT2D eigenvalue weighted by Gasteiger charge is -2.31. The maximum atomic E-state index is 14.4. The molecule has 1 heterocycles. The Morgan fingerprint density at radius 3 is 2.35 bits per heavy atom. The molecule has 34 heavy (non-hydrogen) atoms. The summed E-state index contributed by atoms with van der Waals surface area (Å²) in [4.78, 5) is 26.7. The van der Waals surface area contributed by atoms with Gasteiger partial charge in [0.15, 0.2) is 0 Å². The first-order chi connectivity index (χ1) is 16.0. The van der Waals surface area contributed by atoms with E-state index in [1.54, 1.807) is 32.9 Å². The number of sulfonamides is 1. The van der Waals surface area contributed by atoms with Gasteiger partial charge in [-0.25, -0.2) is 21.9 Å². The summed E-state index contributed by atoms with van der Waals surface area (Å²) in [5.74, 6) is -2.27. The molecule has 184 valence electrons. The van der Waals surface area contributed by atoms with Crippen molar-refractivity contribution in [3.63, 3.8) is 0 Å². The summed E-state index contributed by atoms with van der Waals surface area (Å²) >= 11 is 0. The SMILES string of the molecule is Cc1ccc(CNC(=O)C2CCN(C(=O)c3cc(S(=O)(=O)NC(C)C)ccc3F)CC2)cc1F. The highest BCUT2D eigenvalue weighted by Crippen LogP contribution is 2.22. The molecule has 2 N–H and O–H groups in total. The van der Waals surface area contributed by atoms with Crippen LogP contribution in [0, 0.1) is 24.5 Å². The normalized spacial score (nSPS) is 14.9. The second-order valence-electron chi connectivity index (χ2n) is 8.79. The standard InChI is InChI=1S/C24H29F2N3O4S/c1-15(2)28-34(32,33)19-6-7-21(25)20(13-19)24(31)29-10-8-18(9-11-29)23(30)27-14-17-5-4-16(3)22(26)12-17/h4-7,12-13,15,18,28H,8-11,14H2,1-3H3,(H,27,30). The molecule has 0 radical (unpaired) electrons. The minimum absolute atomic E-state index is 0.187. The molecule has 1 saturated heterocycles. The molecule has 3 rings (SSSR count). The Morgan fingerprint density at radius 1 is 1.06 bits per heavy atom. The molecule has 2 aromatic carbocycles. The summed E-state index contributed by atoms with van der Waals surface area (Å²) in [7, 11) is -3.88. The average Bonchev–Trinajstić information content (AvgIpc) is 2.78. The van der Waals surface area contributed by atoms with Crippen LogP contribution < -0.4 is 10.0 Å². The number of piperidine rings is 1. The number of hydrogen-bond acceptors (Lipinski definition) is 4. The number of nitrogens with one attached hydrogen (secondary N) is 2. The zero-order valence-corrected chi connectivity index (χ0v) is 20.2. The van der Waals surface area contributed by atoms with Crippen molar-refractivity contribution in [1.82, 2.24) is 14.9 Å². The number of nitrogens with zero attached hydrogens (tertiary/aromatic N) is 1. The van der Waals surface area contributed by atoms with E-state index in [2.05, 4.69) is 10.0 Å². The van der Waals surface area contributed by atoms with E-state index in [1.165, 1.54) is 11.0 Å². The van der Waals surface area contributed by atoms with E-state index in [-0.39, 0.29) is 53.8 Å². The number of carbonyl (C=O) groups excluding carboxylic acids is 2. The zero-order valence-electron chi connectivity index (χ0n) is 19.4. The van der Waals surface area contributed by atoms with Crippen molar-refractivity contribution < 1.29 is 26.8 Å². The van der Waals surface area contributed by atoms with Crippen LogP contribution in [0.25, 0.3) is 0 Å². The van der Waals surface area contributed by atoms with Crippen LogP contribution in [0.15, 0.2) is 41.3 Å². The first-order valence-electron chi connectivity index (χ1n) is 11.1. The van der Waals surface area contributed by atoms with E-state index in [4.69, 9.17) is 0 Å². The third-order valence-electron chi connectivity index (χ3n) is 5.73. The van der Waals surface area contributed by atoms with Gasteiger partial charge in [-0.3, -0.25) is 9.59 Å². The lowest BCUT2D eigenvalue weighted by Crippen LogP contribution is -2.43. The van der Waals surface area contributed by atoms with Gasteiger partial charge < -0.3 is 10.2 Å². The van der Waals surface area contributed by atoms with Crippen molar-refractivity contribution in [1.29, 1.82) is 0 Å². The molecule has 2 amide bonds. The monoisotopic (exact) mass is 493 g/mol. The van der Waals surface area contributed by atoms with Gasteiger partial charge in [0, 0.05) is 31.6 Å². The Labute approximate surface area is 198 Å². The van der Waals surface area contributed by atoms with Gasteiger partial charge in [-0.1, -0.05) is 12.1 Å². The van der Waals surface area contributed by atoms with E-state index < -0.39 is 21.7 Å². The molecule has 0 atom stereocenters. The number of carbonyl (C=O) groups is 2. The largest absolute Gasteiger partial charge is 0.352 e. The maximum absolute atomic E-state index is 14.4. The predicted octanol–water partition coefficient (Wildman–Crippen LogP) is 3.13. The predicted molar refractivity (Wildman–Crippen MR) is 123 cm³/mol. The number of aryl methyl sites for hydroxylation is 1. The van der Waals surface area contributed by atoms with Gasteiger partial charge in [-0.15, -0.1) is 0 Å². The van der Waals surface area contributed by atoms with Crippen LogP contribution in [0.2, 0.25) is 0 Å². The van der Waals surface area contributed by atoms with Gasteiger partial charge in [0.25, 0.3) is 5.91 Å². The van der Waals surface area contributed by atoms with Crippen molar-refractivity contribution in [2.75, 3.05) is 13.1 Å². The molecule has 0 aromatic heterocycles. The van der Waals surface area contributed by atoms with Crippen LogP contribution in [0.1, 0.15) is 48.2 Å². The van der Waals surface area contributed by atoms with Gasteiger partial charge in [0.1, 0.15) is 11.6 Å². The molecular formula is C24H29F2N3O4S. The van der Waals surface area contributed by atoms with Crippen LogP contribution >= 0.6 is 0 Å². The summed E-state index contributed by atoms with van der Waals surface area (Å²) in [6.07, 6.45) is 0.767. The Bertz CT molecular complexity index is 1180. The second-order valence-corrected chi connectivity index (χ2v) is 10.5. The summed E-state index contributed by atoms with van der Waals surface area (Å²) in [6, 6.07) is 7.56. The van der Waals surface area contributed by atoms with Gasteiger partial charge in [-0.05, 0) is 69.0 Å². The molecule has 1 aliphatic rings. The molecular weight excluding hydrogens is 464 g/mol. The Kier molecular flexibility index (Phi) is 8.04. The molecule has 7 nitrogen and oxygen atoms in total. The van der Waals surface area contributed by atoms with E-state index in [9.17, 15) is 26.8 Å². The molecule has 2 aromatic rings. The number of likely N-dealkylation sites (tertiary alicyclic amines) is 1. The highest BCUT2D eigenvalue weighted by Gasteiger charge is 2.29.